The molecule has 0 aliphatic rings. The molecule has 0 aromatic heterocycles. The molecule has 6 heteroatoms. The molecule has 1 aromatic carbocycles. The number of benzene rings is 1. The van der Waals surface area contributed by atoms with Gasteiger partial charge < -0.3 is 15.5 Å². The van der Waals surface area contributed by atoms with Crippen LogP contribution < -0.4 is 5.32 Å². The van der Waals surface area contributed by atoms with E-state index in [0.717, 1.165) is 9.77 Å². The zero-order valence-electron chi connectivity index (χ0n) is 7.98. The summed E-state index contributed by atoms with van der Waals surface area (Å²) in [5.74, 6) is -2.96. The molecular formula is C10H8INO4. The number of aliphatic carboxylic acids is 2. The smallest absolute Gasteiger partial charge is 0.344 e. The Labute approximate surface area is 105 Å². The SMILES string of the molecule is O=C(O)C(=CNc1ccccc1I)C(=O)O. The maximum atomic E-state index is 10.6. The summed E-state index contributed by atoms with van der Waals surface area (Å²) >= 11 is 2.06. The van der Waals surface area contributed by atoms with Crippen LogP contribution in [0, 0.1) is 3.57 Å². The van der Waals surface area contributed by atoms with Gasteiger partial charge in [-0.1, -0.05) is 12.1 Å². The molecule has 1 rings (SSSR count). The Hall–Kier alpha value is -1.57. The van der Waals surface area contributed by atoms with E-state index in [4.69, 9.17) is 10.2 Å². The topological polar surface area (TPSA) is 86.6 Å². The number of anilines is 1. The van der Waals surface area contributed by atoms with Gasteiger partial charge in [0.2, 0.25) is 0 Å². The zero-order chi connectivity index (χ0) is 12.1. The Balaban J connectivity index is 2.90. The van der Waals surface area contributed by atoms with Gasteiger partial charge in [0.05, 0.1) is 5.69 Å². The number of carboxylic acids is 2. The summed E-state index contributed by atoms with van der Waals surface area (Å²) in [7, 11) is 0. The van der Waals surface area contributed by atoms with Crippen LogP contribution in [0.2, 0.25) is 0 Å². The second kappa shape index (κ2) is 5.50. The second-order valence-corrected chi connectivity index (χ2v) is 3.95. The molecular weight excluding hydrogens is 325 g/mol. The molecule has 0 aliphatic heterocycles. The second-order valence-electron chi connectivity index (χ2n) is 2.79. The van der Waals surface area contributed by atoms with Crippen molar-refractivity contribution in [2.24, 2.45) is 0 Å². The number of carbonyl (C=O) groups is 2. The molecule has 84 valence electrons. The molecule has 0 amide bonds. The van der Waals surface area contributed by atoms with Crippen LogP contribution in [0.1, 0.15) is 0 Å². The highest BCUT2D eigenvalue weighted by Crippen LogP contribution is 2.17. The lowest BCUT2D eigenvalue weighted by Gasteiger charge is -2.03. The Morgan fingerprint density at radius 3 is 2.25 bits per heavy atom. The minimum absolute atomic E-state index is 0.656. The number of nitrogens with one attached hydrogen (secondary N) is 1. The summed E-state index contributed by atoms with van der Waals surface area (Å²) in [4.78, 5) is 21.1. The molecule has 0 spiro atoms. The molecule has 0 atom stereocenters. The largest absolute Gasteiger partial charge is 0.477 e. The molecule has 0 fully saturated rings. The first kappa shape index (κ1) is 12.5. The average Bonchev–Trinajstić information content (AvgIpc) is 2.20. The molecule has 3 N–H and O–H groups in total. The standard InChI is InChI=1S/C10H8INO4/c11-7-3-1-2-4-8(7)12-5-6(9(13)14)10(15)16/h1-5,12H,(H,13,14)(H,15,16). The van der Waals surface area contributed by atoms with Crippen LogP contribution in [0.25, 0.3) is 0 Å². The van der Waals surface area contributed by atoms with Gasteiger partial charge in [0.15, 0.2) is 5.57 Å². The summed E-state index contributed by atoms with van der Waals surface area (Å²) in [6, 6.07) is 7.13. The van der Waals surface area contributed by atoms with Gasteiger partial charge in [0, 0.05) is 9.77 Å². The highest BCUT2D eigenvalue weighted by atomic mass is 127. The normalized spacial score (nSPS) is 9.31. The fourth-order valence-corrected chi connectivity index (χ4v) is 1.49. The first-order chi connectivity index (χ1) is 7.52. The van der Waals surface area contributed by atoms with Crippen molar-refractivity contribution in [2.75, 3.05) is 5.32 Å². The molecule has 0 heterocycles. The number of hydrogen-bond donors (Lipinski definition) is 3. The predicted octanol–water partition coefficient (Wildman–Crippen LogP) is 1.76. The third-order valence-corrected chi connectivity index (χ3v) is 2.65. The number of halogens is 1. The van der Waals surface area contributed by atoms with Crippen molar-refractivity contribution in [2.45, 2.75) is 0 Å². The van der Waals surface area contributed by atoms with Crippen molar-refractivity contribution in [3.8, 4) is 0 Å². The lowest BCUT2D eigenvalue weighted by Crippen LogP contribution is -2.13. The van der Waals surface area contributed by atoms with E-state index in [0.29, 0.717) is 5.69 Å². The van der Waals surface area contributed by atoms with Crippen LogP contribution in [0.5, 0.6) is 0 Å². The maximum Gasteiger partial charge on any atom is 0.344 e. The molecule has 1 aromatic rings. The van der Waals surface area contributed by atoms with Crippen molar-refractivity contribution < 1.29 is 19.8 Å². The lowest BCUT2D eigenvalue weighted by molar-refractivity contribution is -0.140. The fraction of sp³-hybridized carbons (Fsp3) is 0. The monoisotopic (exact) mass is 333 g/mol. The molecule has 5 nitrogen and oxygen atoms in total. The minimum atomic E-state index is -1.48. The van der Waals surface area contributed by atoms with Gasteiger partial charge in [-0.05, 0) is 34.7 Å². The Morgan fingerprint density at radius 1 is 1.19 bits per heavy atom. The van der Waals surface area contributed by atoms with E-state index >= 15 is 0 Å². The fourth-order valence-electron chi connectivity index (χ4n) is 0.943. The van der Waals surface area contributed by atoms with E-state index in [9.17, 15) is 9.59 Å². The zero-order valence-corrected chi connectivity index (χ0v) is 10.1. The molecule has 0 saturated heterocycles. The highest BCUT2D eigenvalue weighted by molar-refractivity contribution is 14.1. The van der Waals surface area contributed by atoms with Crippen LogP contribution >= 0.6 is 22.6 Å². The average molecular weight is 333 g/mol. The predicted molar refractivity (Wildman–Crippen MR) is 66.1 cm³/mol. The van der Waals surface area contributed by atoms with E-state index < -0.39 is 17.5 Å². The quantitative estimate of drug-likeness (QED) is 0.338. The Kier molecular flexibility index (Phi) is 4.29. The van der Waals surface area contributed by atoms with Crippen molar-refractivity contribution >= 4 is 40.2 Å². The van der Waals surface area contributed by atoms with Crippen LogP contribution in [0.15, 0.2) is 36.0 Å². The van der Waals surface area contributed by atoms with Gasteiger partial charge in [-0.3, -0.25) is 0 Å². The first-order valence-corrected chi connectivity index (χ1v) is 5.28. The van der Waals surface area contributed by atoms with Crippen molar-refractivity contribution in [1.82, 2.24) is 0 Å². The van der Waals surface area contributed by atoms with Gasteiger partial charge in [-0.25, -0.2) is 9.59 Å². The molecule has 0 saturated carbocycles. The molecule has 0 unspecified atom stereocenters. The van der Waals surface area contributed by atoms with Crippen molar-refractivity contribution in [3.63, 3.8) is 0 Å². The van der Waals surface area contributed by atoms with Crippen LogP contribution in [0.4, 0.5) is 5.69 Å². The number of para-hydroxylation sites is 1. The van der Waals surface area contributed by atoms with Crippen LogP contribution in [-0.2, 0) is 9.59 Å². The summed E-state index contributed by atoms with van der Waals surface area (Å²) in [6.45, 7) is 0. The number of hydrogen-bond acceptors (Lipinski definition) is 3. The Morgan fingerprint density at radius 2 is 1.75 bits per heavy atom. The minimum Gasteiger partial charge on any atom is -0.477 e. The number of carboxylic acid groups (broad SMARTS) is 2. The maximum absolute atomic E-state index is 10.6. The summed E-state index contributed by atoms with van der Waals surface area (Å²) in [5.41, 5.74) is -0.0530. The van der Waals surface area contributed by atoms with Crippen LogP contribution in [0.3, 0.4) is 0 Å². The van der Waals surface area contributed by atoms with Crippen molar-refractivity contribution in [3.05, 3.63) is 39.6 Å². The van der Waals surface area contributed by atoms with Crippen LogP contribution in [-0.4, -0.2) is 22.2 Å². The summed E-state index contributed by atoms with van der Waals surface area (Å²) in [6.07, 6.45) is 0.960. The van der Waals surface area contributed by atoms with Gasteiger partial charge in [0.25, 0.3) is 0 Å². The van der Waals surface area contributed by atoms with Gasteiger partial charge in [0.1, 0.15) is 0 Å². The van der Waals surface area contributed by atoms with Gasteiger partial charge in [-0.15, -0.1) is 0 Å². The Bertz CT molecular complexity index is 440. The molecule has 16 heavy (non-hydrogen) atoms. The van der Waals surface area contributed by atoms with E-state index in [1.165, 1.54) is 0 Å². The third kappa shape index (κ3) is 3.23. The van der Waals surface area contributed by atoms with E-state index in [1.807, 2.05) is 12.1 Å². The molecule has 0 aliphatic carbocycles. The van der Waals surface area contributed by atoms with Gasteiger partial charge >= 0.3 is 11.9 Å². The molecule has 0 bridgehead atoms. The number of rotatable bonds is 4. The van der Waals surface area contributed by atoms with E-state index in [-0.39, 0.29) is 0 Å². The summed E-state index contributed by atoms with van der Waals surface area (Å²) in [5, 5.41) is 19.8. The molecule has 0 radical (unpaired) electrons. The third-order valence-electron chi connectivity index (χ3n) is 1.71. The van der Waals surface area contributed by atoms with Gasteiger partial charge in [-0.2, -0.15) is 0 Å². The van der Waals surface area contributed by atoms with E-state index in [2.05, 4.69) is 27.9 Å². The lowest BCUT2D eigenvalue weighted by atomic mass is 10.3. The summed E-state index contributed by atoms with van der Waals surface area (Å²) < 4.78 is 0.867. The highest BCUT2D eigenvalue weighted by Gasteiger charge is 2.15. The van der Waals surface area contributed by atoms with Crippen molar-refractivity contribution in [1.29, 1.82) is 0 Å². The first-order valence-electron chi connectivity index (χ1n) is 4.20. The van der Waals surface area contributed by atoms with E-state index in [1.54, 1.807) is 12.1 Å².